The van der Waals surface area contributed by atoms with Crippen LogP contribution in [-0.4, -0.2) is 0 Å². The fourth-order valence-corrected chi connectivity index (χ4v) is 1.68. The molecule has 0 bridgehead atoms. The van der Waals surface area contributed by atoms with Gasteiger partial charge in [0.05, 0.1) is 11.6 Å². The Balaban J connectivity index is 2.21. The lowest BCUT2D eigenvalue weighted by molar-refractivity contribution is 0.559. The summed E-state index contributed by atoms with van der Waals surface area (Å²) in [7, 11) is 0. The van der Waals surface area contributed by atoms with Crippen LogP contribution in [0, 0.1) is 34.6 Å². The monoisotopic (exact) mass is 280 g/mol. The third-order valence-electron chi connectivity index (χ3n) is 2.60. The Hall–Kier alpha value is -2.55. The molecule has 0 amide bonds. The van der Waals surface area contributed by atoms with Crippen molar-refractivity contribution < 1.29 is 17.6 Å². The molecular formula is C14H8F4N2. The molecule has 0 saturated carbocycles. The van der Waals surface area contributed by atoms with E-state index >= 15 is 0 Å². The SMILES string of the molecule is N#Cc1cc(F)c(CNc2cc(F)cc(F)c2)c(F)c1. The molecule has 0 fully saturated rings. The Bertz CT molecular complexity index is 649. The molecule has 1 N–H and O–H groups in total. The van der Waals surface area contributed by atoms with E-state index < -0.39 is 23.3 Å². The molecule has 102 valence electrons. The summed E-state index contributed by atoms with van der Waals surface area (Å²) < 4.78 is 53.1. The van der Waals surface area contributed by atoms with Crippen LogP contribution in [0.25, 0.3) is 0 Å². The van der Waals surface area contributed by atoms with Gasteiger partial charge in [-0.1, -0.05) is 0 Å². The van der Waals surface area contributed by atoms with Gasteiger partial charge in [0.1, 0.15) is 23.3 Å². The van der Waals surface area contributed by atoms with Crippen LogP contribution in [-0.2, 0) is 6.54 Å². The molecule has 0 saturated heterocycles. The minimum absolute atomic E-state index is 0.0608. The summed E-state index contributed by atoms with van der Waals surface area (Å²) in [6.07, 6.45) is 0. The third-order valence-corrected chi connectivity index (χ3v) is 2.60. The van der Waals surface area contributed by atoms with Crippen LogP contribution in [0.4, 0.5) is 23.2 Å². The average Bonchev–Trinajstić information content (AvgIpc) is 2.36. The Kier molecular flexibility index (Phi) is 3.89. The first kappa shape index (κ1) is 13.9. The van der Waals surface area contributed by atoms with Gasteiger partial charge in [-0.05, 0) is 24.3 Å². The van der Waals surface area contributed by atoms with Crippen LogP contribution in [0.5, 0.6) is 0 Å². The van der Waals surface area contributed by atoms with Crippen LogP contribution >= 0.6 is 0 Å². The first-order valence-electron chi connectivity index (χ1n) is 5.57. The molecule has 0 heterocycles. The summed E-state index contributed by atoms with van der Waals surface area (Å²) in [5, 5.41) is 11.1. The van der Waals surface area contributed by atoms with Crippen LogP contribution in [0.3, 0.4) is 0 Å². The molecule has 0 aliphatic rings. The molecule has 6 heteroatoms. The standard InChI is InChI=1S/C14H8F4N2/c15-9-3-10(16)5-11(4-9)20-7-12-13(17)1-8(6-19)2-14(12)18/h1-5,20H,7H2. The summed E-state index contributed by atoms with van der Waals surface area (Å²) >= 11 is 0. The maximum atomic E-state index is 13.6. The molecule has 20 heavy (non-hydrogen) atoms. The number of nitrogens with zero attached hydrogens (tertiary/aromatic N) is 1. The molecule has 0 unspecified atom stereocenters. The number of hydrogen-bond donors (Lipinski definition) is 1. The second-order valence-corrected chi connectivity index (χ2v) is 4.04. The van der Waals surface area contributed by atoms with Crippen LogP contribution < -0.4 is 5.32 Å². The predicted molar refractivity (Wildman–Crippen MR) is 64.8 cm³/mol. The molecule has 2 aromatic rings. The molecule has 0 aromatic heterocycles. The largest absolute Gasteiger partial charge is 0.381 e. The summed E-state index contributed by atoms with van der Waals surface area (Å²) in [6.45, 7) is -0.299. The summed E-state index contributed by atoms with van der Waals surface area (Å²) in [4.78, 5) is 0. The van der Waals surface area contributed by atoms with Crippen molar-refractivity contribution >= 4 is 5.69 Å². The van der Waals surface area contributed by atoms with Crippen molar-refractivity contribution in [1.29, 1.82) is 5.26 Å². The fraction of sp³-hybridized carbons (Fsp3) is 0.0714. The van der Waals surface area contributed by atoms with Crippen molar-refractivity contribution in [2.45, 2.75) is 6.54 Å². The van der Waals surface area contributed by atoms with E-state index in [1.54, 1.807) is 6.07 Å². The number of benzene rings is 2. The number of rotatable bonds is 3. The van der Waals surface area contributed by atoms with E-state index in [1.807, 2.05) is 0 Å². The molecule has 2 nitrogen and oxygen atoms in total. The highest BCUT2D eigenvalue weighted by Gasteiger charge is 2.11. The Labute approximate surface area is 112 Å². The highest BCUT2D eigenvalue weighted by molar-refractivity contribution is 5.45. The van der Waals surface area contributed by atoms with Crippen molar-refractivity contribution in [2.24, 2.45) is 0 Å². The van der Waals surface area contributed by atoms with Crippen molar-refractivity contribution in [3.63, 3.8) is 0 Å². The maximum absolute atomic E-state index is 13.6. The van der Waals surface area contributed by atoms with Gasteiger partial charge < -0.3 is 5.32 Å². The van der Waals surface area contributed by atoms with Gasteiger partial charge in [-0.25, -0.2) is 17.6 Å². The second-order valence-electron chi connectivity index (χ2n) is 4.04. The van der Waals surface area contributed by atoms with E-state index in [-0.39, 0.29) is 23.4 Å². The van der Waals surface area contributed by atoms with E-state index in [0.717, 1.165) is 24.3 Å². The molecule has 0 aliphatic heterocycles. The third kappa shape index (κ3) is 3.06. The van der Waals surface area contributed by atoms with Gasteiger partial charge in [0.2, 0.25) is 0 Å². The minimum atomic E-state index is -0.897. The predicted octanol–water partition coefficient (Wildman–Crippen LogP) is 3.73. The van der Waals surface area contributed by atoms with Gasteiger partial charge in [0.15, 0.2) is 0 Å². The summed E-state index contributed by atoms with van der Waals surface area (Å²) in [5.41, 5.74) is -0.389. The van der Waals surface area contributed by atoms with Crippen molar-refractivity contribution in [3.05, 3.63) is 64.7 Å². The van der Waals surface area contributed by atoms with Gasteiger partial charge in [0.25, 0.3) is 0 Å². The van der Waals surface area contributed by atoms with Crippen molar-refractivity contribution in [2.75, 3.05) is 5.32 Å². The quantitative estimate of drug-likeness (QED) is 0.870. The Morgan fingerprint density at radius 2 is 1.45 bits per heavy atom. The molecule has 2 aromatic carbocycles. The zero-order valence-electron chi connectivity index (χ0n) is 10.1. The lowest BCUT2D eigenvalue weighted by Gasteiger charge is -2.09. The smallest absolute Gasteiger partial charge is 0.132 e. The van der Waals surface area contributed by atoms with Crippen molar-refractivity contribution in [3.8, 4) is 6.07 Å². The van der Waals surface area contributed by atoms with E-state index in [4.69, 9.17) is 5.26 Å². The normalized spacial score (nSPS) is 10.2. The van der Waals surface area contributed by atoms with Gasteiger partial charge in [0, 0.05) is 23.9 Å². The minimum Gasteiger partial charge on any atom is -0.381 e. The van der Waals surface area contributed by atoms with Gasteiger partial charge in [-0.2, -0.15) is 5.26 Å². The average molecular weight is 280 g/mol. The van der Waals surface area contributed by atoms with Gasteiger partial charge in [-0.3, -0.25) is 0 Å². The van der Waals surface area contributed by atoms with E-state index in [0.29, 0.717) is 6.07 Å². The van der Waals surface area contributed by atoms with E-state index in [2.05, 4.69) is 5.32 Å². The maximum Gasteiger partial charge on any atom is 0.132 e. The lowest BCUT2D eigenvalue weighted by Crippen LogP contribution is -2.05. The first-order valence-corrected chi connectivity index (χ1v) is 5.57. The Morgan fingerprint density at radius 3 is 1.95 bits per heavy atom. The number of hydrogen-bond acceptors (Lipinski definition) is 2. The molecule has 0 atom stereocenters. The number of halogens is 4. The van der Waals surface area contributed by atoms with E-state index in [9.17, 15) is 17.6 Å². The number of nitrogens with one attached hydrogen (secondary N) is 1. The van der Waals surface area contributed by atoms with Gasteiger partial charge >= 0.3 is 0 Å². The van der Waals surface area contributed by atoms with Crippen molar-refractivity contribution in [1.82, 2.24) is 0 Å². The fourth-order valence-electron chi connectivity index (χ4n) is 1.68. The van der Waals surface area contributed by atoms with Crippen LogP contribution in [0.15, 0.2) is 30.3 Å². The van der Waals surface area contributed by atoms with E-state index in [1.165, 1.54) is 0 Å². The molecule has 0 spiro atoms. The molecule has 2 rings (SSSR count). The van der Waals surface area contributed by atoms with Crippen LogP contribution in [0.1, 0.15) is 11.1 Å². The molecule has 0 radical (unpaired) electrons. The summed E-state index contributed by atoms with van der Waals surface area (Å²) in [6, 6.07) is 6.11. The molecule has 0 aliphatic carbocycles. The summed E-state index contributed by atoms with van der Waals surface area (Å²) in [5.74, 6) is -3.39. The second kappa shape index (κ2) is 5.61. The number of anilines is 1. The molecular weight excluding hydrogens is 272 g/mol. The topological polar surface area (TPSA) is 35.8 Å². The zero-order valence-corrected chi connectivity index (χ0v) is 10.1. The van der Waals surface area contributed by atoms with Gasteiger partial charge in [-0.15, -0.1) is 0 Å². The Morgan fingerprint density at radius 1 is 0.900 bits per heavy atom. The highest BCUT2D eigenvalue weighted by atomic mass is 19.1. The zero-order chi connectivity index (χ0) is 14.7. The highest BCUT2D eigenvalue weighted by Crippen LogP contribution is 2.18. The lowest BCUT2D eigenvalue weighted by atomic mass is 10.1. The first-order chi connectivity index (χ1) is 9.49. The number of nitriles is 1. The van der Waals surface area contributed by atoms with Crippen LogP contribution in [0.2, 0.25) is 0 Å².